The van der Waals surface area contributed by atoms with Gasteiger partial charge in [0.1, 0.15) is 0 Å². The van der Waals surface area contributed by atoms with E-state index in [9.17, 15) is 0 Å². The van der Waals surface area contributed by atoms with Crippen molar-refractivity contribution in [1.82, 2.24) is 0 Å². The van der Waals surface area contributed by atoms with E-state index in [0.717, 1.165) is 0 Å². The Balaban J connectivity index is 3.21. The molecule has 0 spiro atoms. The van der Waals surface area contributed by atoms with Crippen LogP contribution in [-0.4, -0.2) is 26.9 Å². The maximum absolute atomic E-state index is 4.90. The van der Waals surface area contributed by atoms with Gasteiger partial charge in [0.2, 0.25) is 0 Å². The zero-order chi connectivity index (χ0) is 6.41. The molecular weight excluding hydrogens is 104 g/mol. The van der Waals surface area contributed by atoms with E-state index in [1.165, 1.54) is 0 Å². The number of hydrogen-bond acceptors (Lipinski definition) is 2. The highest BCUT2D eigenvalue weighted by molar-refractivity contribution is 4.78. The molecule has 0 fully saturated rings. The Kier molecular flexibility index (Phi) is 4.61. The van der Waals surface area contributed by atoms with Crippen molar-refractivity contribution in [3.63, 3.8) is 0 Å². The van der Waals surface area contributed by atoms with Gasteiger partial charge >= 0.3 is 0 Å². The molecule has 1 atom stereocenters. The monoisotopic (exact) mass is 116 g/mol. The van der Waals surface area contributed by atoms with Crippen molar-refractivity contribution in [2.24, 2.45) is 0 Å². The van der Waals surface area contributed by atoms with Gasteiger partial charge in [-0.15, -0.1) is 6.58 Å². The summed E-state index contributed by atoms with van der Waals surface area (Å²) in [5.41, 5.74) is 0. The fraction of sp³-hybridized carbons (Fsp3) is 0.667. The van der Waals surface area contributed by atoms with Crippen molar-refractivity contribution in [3.8, 4) is 0 Å². The molecule has 0 aromatic carbocycles. The zero-order valence-corrected chi connectivity index (χ0v) is 5.39. The molecule has 0 aromatic heterocycles. The smallest absolute Gasteiger partial charge is 0.0982 e. The molecule has 0 aliphatic rings. The van der Waals surface area contributed by atoms with E-state index in [0.29, 0.717) is 6.61 Å². The number of ether oxygens (including phenoxy) is 2. The van der Waals surface area contributed by atoms with Crippen molar-refractivity contribution in [2.45, 2.75) is 6.10 Å². The van der Waals surface area contributed by atoms with Crippen molar-refractivity contribution < 1.29 is 9.47 Å². The Morgan fingerprint density at radius 1 is 1.62 bits per heavy atom. The molecule has 2 heteroatoms. The highest BCUT2D eigenvalue weighted by Crippen LogP contribution is 1.89. The van der Waals surface area contributed by atoms with Crippen LogP contribution in [0.1, 0.15) is 0 Å². The van der Waals surface area contributed by atoms with Crippen LogP contribution in [0.4, 0.5) is 0 Å². The fourth-order valence-corrected chi connectivity index (χ4v) is 0.397. The molecule has 0 amide bonds. The normalized spacial score (nSPS) is 13.2. The molecule has 0 bridgehead atoms. The summed E-state index contributed by atoms with van der Waals surface area (Å²) in [6.45, 7) is 4.13. The number of hydrogen-bond donors (Lipinski definition) is 0. The minimum Gasteiger partial charge on any atom is -0.382 e. The van der Waals surface area contributed by atoms with Gasteiger partial charge in [-0.05, 0) is 0 Å². The van der Waals surface area contributed by atoms with E-state index in [2.05, 4.69) is 6.58 Å². The molecule has 0 aromatic rings. The lowest BCUT2D eigenvalue weighted by atomic mass is 10.4. The highest BCUT2D eigenvalue weighted by Gasteiger charge is 1.96. The molecule has 0 N–H and O–H groups in total. The minimum absolute atomic E-state index is 0.0417. The fourth-order valence-electron chi connectivity index (χ4n) is 0.397. The third-order valence-corrected chi connectivity index (χ3v) is 0.897. The van der Waals surface area contributed by atoms with Crippen LogP contribution in [0.15, 0.2) is 12.7 Å². The lowest BCUT2D eigenvalue weighted by Gasteiger charge is -2.06. The summed E-state index contributed by atoms with van der Waals surface area (Å²) < 4.78 is 9.69. The molecule has 0 saturated carbocycles. The molecule has 2 nitrogen and oxygen atoms in total. The van der Waals surface area contributed by atoms with Gasteiger partial charge in [0.15, 0.2) is 0 Å². The quantitative estimate of drug-likeness (QED) is 0.506. The summed E-state index contributed by atoms with van der Waals surface area (Å²) in [6, 6.07) is 0. The molecule has 0 radical (unpaired) electrons. The number of rotatable bonds is 4. The summed E-state index contributed by atoms with van der Waals surface area (Å²) in [5.74, 6) is 0. The molecule has 0 heterocycles. The summed E-state index contributed by atoms with van der Waals surface area (Å²) >= 11 is 0. The maximum atomic E-state index is 4.90. The summed E-state index contributed by atoms with van der Waals surface area (Å²) in [4.78, 5) is 0. The first kappa shape index (κ1) is 7.66. The molecule has 0 saturated heterocycles. The Morgan fingerprint density at radius 3 is 2.38 bits per heavy atom. The second kappa shape index (κ2) is 4.81. The van der Waals surface area contributed by atoms with Crippen LogP contribution in [-0.2, 0) is 9.47 Å². The van der Waals surface area contributed by atoms with Gasteiger partial charge < -0.3 is 9.47 Å². The topological polar surface area (TPSA) is 18.5 Å². The van der Waals surface area contributed by atoms with Crippen molar-refractivity contribution in [1.29, 1.82) is 0 Å². The Hall–Kier alpha value is -0.340. The van der Waals surface area contributed by atoms with Crippen LogP contribution >= 0.6 is 0 Å². The van der Waals surface area contributed by atoms with Gasteiger partial charge in [-0.1, -0.05) is 6.08 Å². The van der Waals surface area contributed by atoms with Crippen molar-refractivity contribution in [2.75, 3.05) is 20.8 Å². The average molecular weight is 116 g/mol. The second-order valence-corrected chi connectivity index (χ2v) is 1.47. The van der Waals surface area contributed by atoms with E-state index in [1.54, 1.807) is 20.3 Å². The Bertz CT molecular complexity index is 61.5. The Morgan fingerprint density at radius 2 is 2.25 bits per heavy atom. The maximum Gasteiger partial charge on any atom is 0.0982 e. The largest absolute Gasteiger partial charge is 0.382 e. The van der Waals surface area contributed by atoms with Crippen LogP contribution in [0.2, 0.25) is 0 Å². The first-order valence-corrected chi connectivity index (χ1v) is 2.49. The summed E-state index contributed by atoms with van der Waals surface area (Å²) in [7, 11) is 3.26. The van der Waals surface area contributed by atoms with Crippen LogP contribution < -0.4 is 0 Å². The van der Waals surface area contributed by atoms with Crippen molar-refractivity contribution >= 4 is 0 Å². The van der Waals surface area contributed by atoms with Gasteiger partial charge in [0, 0.05) is 14.2 Å². The second-order valence-electron chi connectivity index (χ2n) is 1.47. The van der Waals surface area contributed by atoms with Gasteiger partial charge in [0.25, 0.3) is 0 Å². The molecule has 0 rings (SSSR count). The van der Waals surface area contributed by atoms with Crippen LogP contribution in [0.25, 0.3) is 0 Å². The van der Waals surface area contributed by atoms with E-state index in [-0.39, 0.29) is 6.10 Å². The van der Waals surface area contributed by atoms with Gasteiger partial charge in [-0.2, -0.15) is 0 Å². The van der Waals surface area contributed by atoms with E-state index < -0.39 is 0 Å². The van der Waals surface area contributed by atoms with Gasteiger partial charge in [-0.25, -0.2) is 0 Å². The minimum atomic E-state index is 0.0417. The first-order chi connectivity index (χ1) is 3.85. The third kappa shape index (κ3) is 2.77. The van der Waals surface area contributed by atoms with Crippen LogP contribution in [0.5, 0.6) is 0 Å². The lowest BCUT2D eigenvalue weighted by molar-refractivity contribution is 0.0574. The average Bonchev–Trinajstić information content (AvgIpc) is 1.83. The number of methoxy groups -OCH3 is 2. The standard InChI is InChI=1S/C6H12O2/c1-4-6(8-3)5-7-2/h4,6H,1,5H2,2-3H3. The molecule has 0 aliphatic carbocycles. The summed E-state index contributed by atoms with van der Waals surface area (Å²) in [5, 5.41) is 0. The van der Waals surface area contributed by atoms with Crippen LogP contribution in [0, 0.1) is 0 Å². The van der Waals surface area contributed by atoms with Gasteiger partial charge in [0.05, 0.1) is 12.7 Å². The molecule has 48 valence electrons. The molecule has 0 aliphatic heterocycles. The summed E-state index contributed by atoms with van der Waals surface area (Å²) in [6.07, 6.45) is 1.75. The molecular formula is C6H12O2. The van der Waals surface area contributed by atoms with E-state index in [1.807, 2.05) is 0 Å². The van der Waals surface area contributed by atoms with Gasteiger partial charge in [-0.3, -0.25) is 0 Å². The predicted molar refractivity (Wildman–Crippen MR) is 32.9 cm³/mol. The highest BCUT2D eigenvalue weighted by atomic mass is 16.5. The zero-order valence-electron chi connectivity index (χ0n) is 5.39. The molecule has 8 heavy (non-hydrogen) atoms. The van der Waals surface area contributed by atoms with Crippen molar-refractivity contribution in [3.05, 3.63) is 12.7 Å². The lowest BCUT2D eigenvalue weighted by Crippen LogP contribution is -2.13. The predicted octanol–water partition coefficient (Wildman–Crippen LogP) is 0.834. The van der Waals surface area contributed by atoms with E-state index in [4.69, 9.17) is 9.47 Å². The van der Waals surface area contributed by atoms with Crippen LogP contribution in [0.3, 0.4) is 0 Å². The first-order valence-electron chi connectivity index (χ1n) is 2.49. The van der Waals surface area contributed by atoms with E-state index >= 15 is 0 Å². The SMILES string of the molecule is C=CC(COC)OC. The Labute approximate surface area is 50.1 Å². The molecule has 1 unspecified atom stereocenters. The third-order valence-electron chi connectivity index (χ3n) is 0.897.